The molecule has 0 bridgehead atoms. The van der Waals surface area contributed by atoms with Crippen LogP contribution in [0.3, 0.4) is 0 Å². The van der Waals surface area contributed by atoms with E-state index in [1.807, 2.05) is 0 Å². The van der Waals surface area contributed by atoms with Crippen molar-refractivity contribution in [3.05, 3.63) is 22.7 Å². The molecule has 0 fully saturated rings. The van der Waals surface area contributed by atoms with Crippen molar-refractivity contribution < 1.29 is 18.3 Å². The Hall–Kier alpha value is -0.880. The van der Waals surface area contributed by atoms with Crippen LogP contribution in [-0.2, 0) is 12.8 Å². The molecule has 1 rings (SSSR count). The van der Waals surface area contributed by atoms with E-state index in [1.165, 1.54) is 0 Å². The van der Waals surface area contributed by atoms with Crippen molar-refractivity contribution in [3.8, 4) is 0 Å². The zero-order chi connectivity index (χ0) is 10.1. The smallest absolute Gasteiger partial charge is 0.392 e. The first-order chi connectivity index (χ1) is 5.95. The summed E-state index contributed by atoms with van der Waals surface area (Å²) in [4.78, 5) is 5.99. The molecule has 1 aromatic rings. The summed E-state index contributed by atoms with van der Waals surface area (Å²) < 4.78 is 35.9. The highest BCUT2D eigenvalue weighted by atomic mass is 35.5. The Morgan fingerprint density at radius 3 is 2.46 bits per heavy atom. The van der Waals surface area contributed by atoms with Crippen molar-refractivity contribution in [1.82, 2.24) is 9.97 Å². The second-order valence-corrected chi connectivity index (χ2v) is 2.52. The normalized spacial score (nSPS) is 11.8. The molecule has 13 heavy (non-hydrogen) atoms. The van der Waals surface area contributed by atoms with Crippen molar-refractivity contribution in [3.63, 3.8) is 0 Å². The minimum absolute atomic E-state index is 0.0645. The van der Waals surface area contributed by atoms with E-state index >= 15 is 0 Å². The van der Waals surface area contributed by atoms with E-state index in [9.17, 15) is 13.2 Å². The summed E-state index contributed by atoms with van der Waals surface area (Å²) in [5, 5.41) is 8.18. The van der Waals surface area contributed by atoms with E-state index in [-0.39, 0.29) is 10.7 Å². The van der Waals surface area contributed by atoms with Crippen molar-refractivity contribution >= 4 is 11.6 Å². The molecule has 0 aromatic carbocycles. The molecule has 0 spiro atoms. The predicted molar refractivity (Wildman–Crippen MR) is 38.0 cm³/mol. The van der Waals surface area contributed by atoms with Gasteiger partial charge in [-0.15, -0.1) is 0 Å². The minimum atomic E-state index is -4.61. The van der Waals surface area contributed by atoms with Gasteiger partial charge in [-0.2, -0.15) is 13.2 Å². The number of nitrogens with zero attached hydrogens (tertiary/aromatic N) is 2. The van der Waals surface area contributed by atoms with Gasteiger partial charge in [0.1, 0.15) is 5.15 Å². The maximum absolute atomic E-state index is 12.0. The lowest BCUT2D eigenvalue weighted by atomic mass is 10.3. The Bertz CT molecular complexity index is 315. The molecule has 0 atom stereocenters. The van der Waals surface area contributed by atoms with Crippen molar-refractivity contribution in [2.45, 2.75) is 12.8 Å². The van der Waals surface area contributed by atoms with E-state index in [1.54, 1.807) is 0 Å². The molecule has 72 valence electrons. The fraction of sp³-hybridized carbons (Fsp3) is 0.333. The van der Waals surface area contributed by atoms with Crippen LogP contribution in [-0.4, -0.2) is 15.1 Å². The van der Waals surface area contributed by atoms with Gasteiger partial charge in [0, 0.05) is 11.8 Å². The molecule has 0 aliphatic rings. The molecule has 0 aliphatic carbocycles. The molecule has 0 radical (unpaired) electrons. The first-order valence-corrected chi connectivity index (χ1v) is 3.52. The summed E-state index contributed by atoms with van der Waals surface area (Å²) in [6, 6.07) is 0. The highest BCUT2D eigenvalue weighted by Gasteiger charge is 2.34. The van der Waals surface area contributed by atoms with Gasteiger partial charge in [-0.1, -0.05) is 11.6 Å². The number of aromatic nitrogens is 2. The average molecular weight is 213 g/mol. The summed E-state index contributed by atoms with van der Waals surface area (Å²) >= 11 is 5.32. The van der Waals surface area contributed by atoms with Gasteiger partial charge in [0.25, 0.3) is 0 Å². The molecule has 0 unspecified atom stereocenters. The van der Waals surface area contributed by atoms with E-state index in [4.69, 9.17) is 16.7 Å². The van der Waals surface area contributed by atoms with Crippen LogP contribution in [0.2, 0.25) is 5.15 Å². The van der Waals surface area contributed by atoms with E-state index in [2.05, 4.69) is 9.97 Å². The van der Waals surface area contributed by atoms with Crippen molar-refractivity contribution in [2.75, 3.05) is 0 Å². The second-order valence-electron chi connectivity index (χ2n) is 2.17. The molecular weight excluding hydrogens is 209 g/mol. The summed E-state index contributed by atoms with van der Waals surface area (Å²) in [7, 11) is 0. The number of aliphatic hydroxyl groups excluding tert-OH is 1. The van der Waals surface area contributed by atoms with Crippen LogP contribution in [0.4, 0.5) is 13.2 Å². The maximum atomic E-state index is 12.0. The molecule has 0 saturated carbocycles. The topological polar surface area (TPSA) is 46.0 Å². The van der Waals surface area contributed by atoms with E-state index in [0.717, 1.165) is 6.20 Å². The second kappa shape index (κ2) is 3.47. The third-order valence-electron chi connectivity index (χ3n) is 1.24. The minimum Gasteiger partial charge on any atom is -0.392 e. The zero-order valence-electron chi connectivity index (χ0n) is 6.14. The van der Waals surface area contributed by atoms with Gasteiger partial charge in [-0.25, -0.2) is 9.97 Å². The summed E-state index contributed by atoms with van der Waals surface area (Å²) in [6.45, 7) is -0.489. The molecule has 0 saturated heterocycles. The fourth-order valence-corrected chi connectivity index (χ4v) is 0.817. The lowest BCUT2D eigenvalue weighted by Crippen LogP contribution is -2.11. The molecular formula is C6H4ClF3N2O. The van der Waals surface area contributed by atoms with Crippen LogP contribution in [0.15, 0.2) is 6.20 Å². The molecule has 0 aliphatic heterocycles. The Balaban J connectivity index is 3.10. The van der Waals surface area contributed by atoms with Gasteiger partial charge in [0.05, 0.1) is 6.61 Å². The van der Waals surface area contributed by atoms with Gasteiger partial charge < -0.3 is 5.11 Å². The maximum Gasteiger partial charge on any atom is 0.451 e. The lowest BCUT2D eigenvalue weighted by Gasteiger charge is -2.05. The van der Waals surface area contributed by atoms with Crippen LogP contribution in [0.1, 0.15) is 11.4 Å². The van der Waals surface area contributed by atoms with Gasteiger partial charge in [-0.05, 0) is 0 Å². The molecule has 0 amide bonds. The number of aliphatic hydroxyl groups is 1. The van der Waals surface area contributed by atoms with E-state index < -0.39 is 18.6 Å². The van der Waals surface area contributed by atoms with E-state index in [0.29, 0.717) is 0 Å². The largest absolute Gasteiger partial charge is 0.451 e. The highest BCUT2D eigenvalue weighted by molar-refractivity contribution is 6.30. The third kappa shape index (κ3) is 2.28. The monoisotopic (exact) mass is 212 g/mol. The van der Waals surface area contributed by atoms with Crippen molar-refractivity contribution in [2.24, 2.45) is 0 Å². The first-order valence-electron chi connectivity index (χ1n) is 3.14. The Morgan fingerprint density at radius 2 is 2.08 bits per heavy atom. The van der Waals surface area contributed by atoms with Crippen LogP contribution >= 0.6 is 11.6 Å². The Morgan fingerprint density at radius 1 is 1.46 bits per heavy atom. The average Bonchev–Trinajstić information content (AvgIpc) is 2.02. The number of rotatable bonds is 1. The van der Waals surface area contributed by atoms with Crippen LogP contribution in [0.5, 0.6) is 0 Å². The SMILES string of the molecule is OCc1cnc(C(F)(F)F)nc1Cl. The number of alkyl halides is 3. The molecule has 1 heterocycles. The molecule has 1 aromatic heterocycles. The standard InChI is InChI=1S/C6H4ClF3N2O/c7-4-3(2-13)1-11-5(12-4)6(8,9)10/h1,13H,2H2. The number of halogens is 4. The Labute approximate surface area is 76.2 Å². The predicted octanol–water partition coefficient (Wildman–Crippen LogP) is 1.64. The van der Waals surface area contributed by atoms with Crippen LogP contribution < -0.4 is 0 Å². The quantitative estimate of drug-likeness (QED) is 0.720. The molecule has 3 nitrogen and oxygen atoms in total. The number of hydrogen-bond donors (Lipinski definition) is 1. The van der Waals surface area contributed by atoms with Gasteiger partial charge in [-0.3, -0.25) is 0 Å². The fourth-order valence-electron chi connectivity index (χ4n) is 0.629. The summed E-state index contributed by atoms with van der Waals surface area (Å²) in [5.41, 5.74) is 0.0645. The highest BCUT2D eigenvalue weighted by Crippen LogP contribution is 2.27. The molecule has 7 heteroatoms. The van der Waals surface area contributed by atoms with Crippen molar-refractivity contribution in [1.29, 1.82) is 0 Å². The van der Waals surface area contributed by atoms with Crippen LogP contribution in [0.25, 0.3) is 0 Å². The third-order valence-corrected chi connectivity index (χ3v) is 1.56. The molecule has 1 N–H and O–H groups in total. The van der Waals surface area contributed by atoms with Gasteiger partial charge >= 0.3 is 6.18 Å². The van der Waals surface area contributed by atoms with Gasteiger partial charge in [0.15, 0.2) is 0 Å². The lowest BCUT2D eigenvalue weighted by molar-refractivity contribution is -0.145. The first kappa shape index (κ1) is 10.2. The van der Waals surface area contributed by atoms with Crippen LogP contribution in [0, 0.1) is 0 Å². The summed E-state index contributed by atoms with van der Waals surface area (Å²) in [6.07, 6.45) is -3.77. The van der Waals surface area contributed by atoms with Gasteiger partial charge in [0.2, 0.25) is 5.82 Å². The zero-order valence-corrected chi connectivity index (χ0v) is 6.89. The summed E-state index contributed by atoms with van der Waals surface area (Å²) in [5.74, 6) is -1.31. The Kier molecular flexibility index (Phi) is 2.72. The number of hydrogen-bond acceptors (Lipinski definition) is 3.